The molecule has 0 radical (unpaired) electrons. The van der Waals surface area contributed by atoms with Gasteiger partial charge in [-0.1, -0.05) is 44.2 Å². The molecule has 0 spiro atoms. The summed E-state index contributed by atoms with van der Waals surface area (Å²) < 4.78 is 7.30. The number of likely N-dealkylation sites (tertiary alicyclic amines) is 1. The van der Waals surface area contributed by atoms with Crippen LogP contribution in [0, 0.1) is 5.92 Å². The number of fused-ring (bicyclic) bond motifs is 2. The van der Waals surface area contributed by atoms with Gasteiger partial charge in [0.25, 0.3) is 0 Å². The highest BCUT2D eigenvalue weighted by atomic mass is 32.1. The predicted molar refractivity (Wildman–Crippen MR) is 196 cm³/mol. The zero-order chi connectivity index (χ0) is 33.6. The fourth-order valence-electron chi connectivity index (χ4n) is 7.14. The van der Waals surface area contributed by atoms with Crippen molar-refractivity contribution in [1.29, 1.82) is 0 Å². The molecule has 4 N–H and O–H groups in total. The van der Waals surface area contributed by atoms with E-state index >= 15 is 0 Å². The highest BCUT2D eigenvalue weighted by Gasteiger charge is 2.37. The maximum absolute atomic E-state index is 13.6. The normalized spacial score (nSPS) is 18.6. The van der Waals surface area contributed by atoms with Crippen molar-refractivity contribution in [1.82, 2.24) is 35.5 Å². The van der Waals surface area contributed by atoms with Crippen LogP contribution in [0.25, 0.3) is 52.6 Å². The Bertz CT molecular complexity index is 2120. The van der Waals surface area contributed by atoms with Crippen molar-refractivity contribution in [3.63, 3.8) is 0 Å². The largest absolute Gasteiger partial charge is 0.453 e. The summed E-state index contributed by atoms with van der Waals surface area (Å²) >= 11 is 3.61. The number of carbonyl (C=O) groups excluding carboxylic acids is 2. The Kier molecular flexibility index (Phi) is 8.46. The summed E-state index contributed by atoms with van der Waals surface area (Å²) in [4.78, 5) is 46.6. The van der Waals surface area contributed by atoms with Gasteiger partial charge in [0.05, 0.1) is 42.1 Å². The predicted octanol–water partition coefficient (Wildman–Crippen LogP) is 8.03. The number of hydrogen-bond donors (Lipinski definition) is 4. The fourth-order valence-corrected chi connectivity index (χ4v) is 9.58. The average Bonchev–Trinajstić information content (AvgIpc) is 3.95. The summed E-state index contributed by atoms with van der Waals surface area (Å²) in [6.45, 7) is 5.51. The number of aromatic nitrogens is 4. The second-order valence-corrected chi connectivity index (χ2v) is 15.4. The van der Waals surface area contributed by atoms with E-state index < -0.39 is 12.1 Å². The molecule has 6 aromatic rings. The van der Waals surface area contributed by atoms with Crippen LogP contribution in [-0.2, 0) is 9.53 Å². The molecular weight excluding hydrogens is 655 g/mol. The quantitative estimate of drug-likeness (QED) is 0.128. The minimum Gasteiger partial charge on any atom is -0.453 e. The molecule has 10 nitrogen and oxygen atoms in total. The number of carbonyl (C=O) groups is 2. The molecule has 2 fully saturated rings. The topological polar surface area (TPSA) is 128 Å². The summed E-state index contributed by atoms with van der Waals surface area (Å²) in [7, 11) is 1.31. The van der Waals surface area contributed by atoms with Crippen molar-refractivity contribution in [2.45, 2.75) is 57.7 Å². The minimum absolute atomic E-state index is 0.0874. The standard InChI is InChI=1S/C37H39N7O3S2/c1-20(2)33(43-37(46)47-3)36(45)44-15-7-11-28(44)35-39-19-27(42-35)22-8-4-5-9-23(22)30-18-32-31(49-30)17-29(48-32)21-12-13-24-26(16-21)41-34(40-24)25-10-6-14-38-25/h4-5,8-9,12-13,16-20,25,28,33,38H,6-7,10-11,14-15H2,1-3H3,(H,39,42)(H,40,41)(H,43,46). The first kappa shape index (κ1) is 31.7. The van der Waals surface area contributed by atoms with Gasteiger partial charge in [-0.2, -0.15) is 0 Å². The Hall–Kier alpha value is -4.52. The lowest BCUT2D eigenvalue weighted by atomic mass is 10.0. The van der Waals surface area contributed by atoms with Crippen molar-refractivity contribution in [3.05, 3.63) is 72.4 Å². The molecule has 2 saturated heterocycles. The zero-order valence-electron chi connectivity index (χ0n) is 27.7. The second kappa shape index (κ2) is 13.1. The summed E-state index contributed by atoms with van der Waals surface area (Å²) in [5.74, 6) is 1.59. The third-order valence-electron chi connectivity index (χ3n) is 9.70. The SMILES string of the molecule is COC(=O)NC(C(=O)N1CCCC1c1ncc(-c2ccccc2-c2cc3sc(-c4ccc5nc(C6CCCN6)[nH]c5c4)cc3s2)[nH]1)C(C)C. The van der Waals surface area contributed by atoms with Gasteiger partial charge >= 0.3 is 6.09 Å². The van der Waals surface area contributed by atoms with Gasteiger partial charge in [-0.3, -0.25) is 4.79 Å². The van der Waals surface area contributed by atoms with Crippen molar-refractivity contribution in [2.24, 2.45) is 5.92 Å². The minimum atomic E-state index is -0.670. The van der Waals surface area contributed by atoms with Crippen molar-refractivity contribution in [2.75, 3.05) is 20.2 Å². The van der Waals surface area contributed by atoms with E-state index in [9.17, 15) is 9.59 Å². The molecule has 2 aliphatic heterocycles. The lowest BCUT2D eigenvalue weighted by molar-refractivity contribution is -0.135. The maximum Gasteiger partial charge on any atom is 0.407 e. The number of methoxy groups -OCH3 is 1. The maximum atomic E-state index is 13.6. The van der Waals surface area contributed by atoms with E-state index in [-0.39, 0.29) is 17.9 Å². The van der Waals surface area contributed by atoms with Crippen LogP contribution < -0.4 is 10.6 Å². The first-order valence-electron chi connectivity index (χ1n) is 16.9. The Morgan fingerprint density at radius 3 is 2.53 bits per heavy atom. The van der Waals surface area contributed by atoms with E-state index in [1.807, 2.05) is 42.3 Å². The number of aromatic amines is 2. The van der Waals surface area contributed by atoms with Crippen molar-refractivity contribution < 1.29 is 14.3 Å². The molecule has 6 heterocycles. The number of hydrogen-bond acceptors (Lipinski definition) is 8. The van der Waals surface area contributed by atoms with E-state index in [2.05, 4.69) is 69.1 Å². The Balaban J connectivity index is 1.04. The van der Waals surface area contributed by atoms with Gasteiger partial charge in [0.2, 0.25) is 5.91 Å². The third kappa shape index (κ3) is 6.02. The molecular formula is C37H39N7O3S2. The monoisotopic (exact) mass is 693 g/mol. The number of thiophene rings is 2. The first-order chi connectivity index (χ1) is 23.9. The number of H-pyrrole nitrogens is 2. The third-order valence-corrected chi connectivity index (χ3v) is 12.1. The number of alkyl carbamates (subject to hydrolysis) is 1. The molecule has 2 aromatic carbocycles. The van der Waals surface area contributed by atoms with Crippen LogP contribution in [0.5, 0.6) is 0 Å². The van der Waals surface area contributed by atoms with Crippen LogP contribution in [-0.4, -0.2) is 63.1 Å². The Morgan fingerprint density at radius 2 is 1.76 bits per heavy atom. The van der Waals surface area contributed by atoms with Gasteiger partial charge in [-0.15, -0.1) is 22.7 Å². The number of nitrogens with one attached hydrogen (secondary N) is 4. The van der Waals surface area contributed by atoms with Crippen molar-refractivity contribution >= 4 is 55.1 Å². The lowest BCUT2D eigenvalue weighted by Crippen LogP contribution is -2.51. The fraction of sp³-hybridized carbons (Fsp3) is 0.351. The van der Waals surface area contributed by atoms with E-state index in [1.54, 1.807) is 11.3 Å². The Labute approximate surface area is 292 Å². The number of rotatable bonds is 8. The van der Waals surface area contributed by atoms with E-state index in [1.165, 1.54) is 38.2 Å². The Morgan fingerprint density at radius 1 is 0.959 bits per heavy atom. The molecule has 2 amide bonds. The van der Waals surface area contributed by atoms with Crippen LogP contribution in [0.1, 0.15) is 63.3 Å². The van der Waals surface area contributed by atoms with E-state index in [4.69, 9.17) is 14.7 Å². The first-order valence-corrected chi connectivity index (χ1v) is 18.6. The van der Waals surface area contributed by atoms with Crippen LogP contribution in [0.3, 0.4) is 0 Å². The number of benzene rings is 2. The lowest BCUT2D eigenvalue weighted by Gasteiger charge is -2.30. The van der Waals surface area contributed by atoms with Gasteiger partial charge in [-0.05, 0) is 68.0 Å². The van der Waals surface area contributed by atoms with Gasteiger partial charge < -0.3 is 30.2 Å². The van der Waals surface area contributed by atoms with Crippen LogP contribution >= 0.6 is 22.7 Å². The number of ether oxygens (including phenoxy) is 1. The molecule has 12 heteroatoms. The second-order valence-electron chi connectivity index (χ2n) is 13.2. The zero-order valence-corrected chi connectivity index (χ0v) is 29.3. The molecule has 49 heavy (non-hydrogen) atoms. The van der Waals surface area contributed by atoms with Crippen LogP contribution in [0.2, 0.25) is 0 Å². The molecule has 3 atom stereocenters. The summed E-state index contributed by atoms with van der Waals surface area (Å²) in [5.41, 5.74) is 6.40. The molecule has 4 aromatic heterocycles. The highest BCUT2D eigenvalue weighted by Crippen LogP contribution is 2.44. The van der Waals surface area contributed by atoms with Gasteiger partial charge in [-0.25, -0.2) is 14.8 Å². The van der Waals surface area contributed by atoms with Crippen molar-refractivity contribution in [3.8, 4) is 32.1 Å². The number of amides is 2. The smallest absolute Gasteiger partial charge is 0.407 e. The summed E-state index contributed by atoms with van der Waals surface area (Å²) in [5, 5.41) is 6.26. The molecule has 0 aliphatic carbocycles. The summed E-state index contributed by atoms with van der Waals surface area (Å²) in [6, 6.07) is 19.0. The summed E-state index contributed by atoms with van der Waals surface area (Å²) in [6.07, 6.45) is 5.25. The van der Waals surface area contributed by atoms with Gasteiger partial charge in [0.15, 0.2) is 0 Å². The van der Waals surface area contributed by atoms with Gasteiger partial charge in [0, 0.05) is 36.8 Å². The molecule has 0 saturated carbocycles. The van der Waals surface area contributed by atoms with Crippen LogP contribution in [0.15, 0.2) is 60.8 Å². The molecule has 2 aliphatic rings. The highest BCUT2D eigenvalue weighted by molar-refractivity contribution is 7.31. The molecule has 0 bridgehead atoms. The average molecular weight is 694 g/mol. The number of nitrogens with zero attached hydrogens (tertiary/aromatic N) is 3. The van der Waals surface area contributed by atoms with E-state index in [0.717, 1.165) is 65.3 Å². The van der Waals surface area contributed by atoms with Crippen LogP contribution in [0.4, 0.5) is 4.79 Å². The van der Waals surface area contributed by atoms with E-state index in [0.29, 0.717) is 12.6 Å². The molecule has 252 valence electrons. The molecule has 8 rings (SSSR count). The van der Waals surface area contributed by atoms with Gasteiger partial charge in [0.1, 0.15) is 17.7 Å². The number of imidazole rings is 2. The molecule has 3 unspecified atom stereocenters.